The van der Waals surface area contributed by atoms with Crippen molar-refractivity contribution in [1.29, 1.82) is 0 Å². The average Bonchev–Trinajstić information content (AvgIpc) is 3.18. The molecule has 2 heterocycles. The lowest BCUT2D eigenvalue weighted by molar-refractivity contribution is 0.425. The van der Waals surface area contributed by atoms with Gasteiger partial charge >= 0.3 is 0 Å². The summed E-state index contributed by atoms with van der Waals surface area (Å²) in [6.07, 6.45) is 7.92. The van der Waals surface area contributed by atoms with Gasteiger partial charge < -0.3 is 4.57 Å². The number of hydrogen-bond donors (Lipinski definition) is 0. The quantitative estimate of drug-likeness (QED) is 0.744. The van der Waals surface area contributed by atoms with E-state index in [9.17, 15) is 0 Å². The zero-order valence-electron chi connectivity index (χ0n) is 12.3. The van der Waals surface area contributed by atoms with Gasteiger partial charge in [-0.3, -0.25) is 0 Å². The molecule has 0 radical (unpaired) electrons. The maximum absolute atomic E-state index is 5.96. The van der Waals surface area contributed by atoms with Gasteiger partial charge in [0.1, 0.15) is 11.3 Å². The van der Waals surface area contributed by atoms with E-state index in [1.54, 1.807) is 0 Å². The van der Waals surface area contributed by atoms with Crippen molar-refractivity contribution in [3.05, 3.63) is 23.7 Å². The van der Waals surface area contributed by atoms with Crippen LogP contribution in [0.5, 0.6) is 0 Å². The Hall–Kier alpha value is -1.09. The molecule has 2 aromatic rings. The summed E-state index contributed by atoms with van der Waals surface area (Å²) in [6, 6.07) is 2.64. The van der Waals surface area contributed by atoms with E-state index < -0.39 is 0 Å². The number of pyridine rings is 1. The Kier molecular flexibility index (Phi) is 3.97. The lowest BCUT2D eigenvalue weighted by Gasteiger charge is -2.19. The fourth-order valence-electron chi connectivity index (χ4n) is 2.97. The van der Waals surface area contributed by atoms with Crippen molar-refractivity contribution in [2.75, 3.05) is 5.88 Å². The fourth-order valence-corrected chi connectivity index (χ4v) is 3.14. The highest BCUT2D eigenvalue weighted by atomic mass is 35.5. The SMILES string of the molecule is CCC(CC1CC1)n1c(CCCl)nc2cc(C)cnc21. The molecule has 0 aromatic carbocycles. The summed E-state index contributed by atoms with van der Waals surface area (Å²) in [5, 5.41) is 0. The molecule has 108 valence electrons. The Morgan fingerprint density at radius 3 is 2.90 bits per heavy atom. The molecule has 0 amide bonds. The van der Waals surface area contributed by atoms with E-state index in [1.165, 1.54) is 19.3 Å². The topological polar surface area (TPSA) is 30.7 Å². The van der Waals surface area contributed by atoms with Crippen LogP contribution in [0.3, 0.4) is 0 Å². The normalized spacial score (nSPS) is 16.8. The maximum Gasteiger partial charge on any atom is 0.160 e. The van der Waals surface area contributed by atoms with Gasteiger partial charge in [-0.05, 0) is 37.3 Å². The highest BCUT2D eigenvalue weighted by molar-refractivity contribution is 6.17. The molecule has 0 saturated heterocycles. The van der Waals surface area contributed by atoms with E-state index in [0.717, 1.165) is 41.3 Å². The molecule has 2 aromatic heterocycles. The summed E-state index contributed by atoms with van der Waals surface area (Å²) in [6.45, 7) is 4.33. The van der Waals surface area contributed by atoms with Crippen LogP contribution in [-0.2, 0) is 6.42 Å². The first kappa shape index (κ1) is 13.9. The minimum atomic E-state index is 0.515. The minimum absolute atomic E-state index is 0.515. The van der Waals surface area contributed by atoms with Crippen molar-refractivity contribution in [3.63, 3.8) is 0 Å². The van der Waals surface area contributed by atoms with Crippen molar-refractivity contribution < 1.29 is 0 Å². The summed E-state index contributed by atoms with van der Waals surface area (Å²) < 4.78 is 2.36. The Balaban J connectivity index is 2.06. The van der Waals surface area contributed by atoms with Gasteiger partial charge in [-0.1, -0.05) is 19.8 Å². The summed E-state index contributed by atoms with van der Waals surface area (Å²) in [7, 11) is 0. The zero-order chi connectivity index (χ0) is 14.1. The lowest BCUT2D eigenvalue weighted by Crippen LogP contribution is -2.13. The molecule has 0 aliphatic heterocycles. The number of rotatable bonds is 6. The maximum atomic E-state index is 5.96. The summed E-state index contributed by atoms with van der Waals surface area (Å²) in [5.74, 6) is 2.62. The predicted octanol–water partition coefficient (Wildman–Crippen LogP) is 4.27. The molecule has 1 aliphatic rings. The number of nitrogens with zero attached hydrogens (tertiary/aromatic N) is 3. The highest BCUT2D eigenvalue weighted by Gasteiger charge is 2.27. The van der Waals surface area contributed by atoms with Crippen LogP contribution in [-0.4, -0.2) is 20.4 Å². The van der Waals surface area contributed by atoms with E-state index in [4.69, 9.17) is 16.6 Å². The molecule has 1 saturated carbocycles. The Labute approximate surface area is 125 Å². The van der Waals surface area contributed by atoms with Crippen LogP contribution in [0.15, 0.2) is 12.3 Å². The Morgan fingerprint density at radius 1 is 1.45 bits per heavy atom. The van der Waals surface area contributed by atoms with Crippen LogP contribution in [0.4, 0.5) is 0 Å². The van der Waals surface area contributed by atoms with Crippen LogP contribution in [0.2, 0.25) is 0 Å². The number of hydrogen-bond acceptors (Lipinski definition) is 2. The third kappa shape index (κ3) is 2.69. The standard InChI is InChI=1S/C16H22ClN3/c1-3-13(9-12-4-5-12)20-15(6-7-17)19-14-8-11(2)10-18-16(14)20/h8,10,12-13H,3-7,9H2,1-2H3. The van der Waals surface area contributed by atoms with Gasteiger partial charge in [-0.2, -0.15) is 0 Å². The minimum Gasteiger partial charge on any atom is -0.310 e. The zero-order valence-corrected chi connectivity index (χ0v) is 13.0. The number of alkyl halides is 1. The van der Waals surface area contributed by atoms with Gasteiger partial charge in [0.2, 0.25) is 0 Å². The first-order valence-electron chi connectivity index (χ1n) is 7.62. The molecule has 0 bridgehead atoms. The first-order chi connectivity index (χ1) is 9.72. The second kappa shape index (κ2) is 5.72. The van der Waals surface area contributed by atoms with Crippen molar-refractivity contribution in [2.24, 2.45) is 5.92 Å². The third-order valence-corrected chi connectivity index (χ3v) is 4.39. The first-order valence-corrected chi connectivity index (χ1v) is 8.15. The summed E-state index contributed by atoms with van der Waals surface area (Å²) >= 11 is 5.96. The second-order valence-electron chi connectivity index (χ2n) is 5.93. The van der Waals surface area contributed by atoms with Crippen molar-refractivity contribution in [2.45, 2.75) is 52.0 Å². The molecule has 1 unspecified atom stereocenters. The number of halogens is 1. The molecule has 20 heavy (non-hydrogen) atoms. The van der Waals surface area contributed by atoms with E-state index in [2.05, 4.69) is 29.5 Å². The van der Waals surface area contributed by atoms with Gasteiger partial charge in [-0.25, -0.2) is 9.97 Å². The van der Waals surface area contributed by atoms with Gasteiger partial charge in [0.25, 0.3) is 0 Å². The molecule has 0 N–H and O–H groups in total. The van der Waals surface area contributed by atoms with Crippen LogP contribution in [0.1, 0.15) is 50.0 Å². The Bertz CT molecular complexity index is 601. The number of fused-ring (bicyclic) bond motifs is 1. The van der Waals surface area contributed by atoms with Gasteiger partial charge in [0.05, 0.1) is 0 Å². The number of aromatic nitrogens is 3. The van der Waals surface area contributed by atoms with Crippen molar-refractivity contribution in [1.82, 2.24) is 14.5 Å². The van der Waals surface area contributed by atoms with Crippen LogP contribution < -0.4 is 0 Å². The lowest BCUT2D eigenvalue weighted by atomic mass is 10.1. The van der Waals surface area contributed by atoms with E-state index in [-0.39, 0.29) is 0 Å². The van der Waals surface area contributed by atoms with E-state index in [1.807, 2.05) is 6.20 Å². The summed E-state index contributed by atoms with van der Waals surface area (Å²) in [4.78, 5) is 9.41. The monoisotopic (exact) mass is 291 g/mol. The molecule has 0 spiro atoms. The van der Waals surface area contributed by atoms with Crippen LogP contribution >= 0.6 is 11.6 Å². The second-order valence-corrected chi connectivity index (χ2v) is 6.31. The Morgan fingerprint density at radius 2 is 2.25 bits per heavy atom. The predicted molar refractivity (Wildman–Crippen MR) is 83.4 cm³/mol. The van der Waals surface area contributed by atoms with Gasteiger partial charge in [0.15, 0.2) is 5.65 Å². The van der Waals surface area contributed by atoms with Crippen LogP contribution in [0, 0.1) is 12.8 Å². The molecule has 1 aliphatic carbocycles. The summed E-state index contributed by atoms with van der Waals surface area (Å²) in [5.41, 5.74) is 3.21. The number of aryl methyl sites for hydroxylation is 2. The molecule has 4 heteroatoms. The highest BCUT2D eigenvalue weighted by Crippen LogP contribution is 2.39. The van der Waals surface area contributed by atoms with E-state index >= 15 is 0 Å². The van der Waals surface area contributed by atoms with Gasteiger partial charge in [-0.15, -0.1) is 11.6 Å². The third-order valence-electron chi connectivity index (χ3n) is 4.20. The molecule has 3 rings (SSSR count). The molecule has 1 fully saturated rings. The number of imidazole rings is 1. The smallest absolute Gasteiger partial charge is 0.160 e. The largest absolute Gasteiger partial charge is 0.310 e. The van der Waals surface area contributed by atoms with E-state index in [0.29, 0.717) is 11.9 Å². The fraction of sp³-hybridized carbons (Fsp3) is 0.625. The molecule has 3 nitrogen and oxygen atoms in total. The van der Waals surface area contributed by atoms with Gasteiger partial charge in [0, 0.05) is 24.5 Å². The molecular weight excluding hydrogens is 270 g/mol. The molecular formula is C16H22ClN3. The average molecular weight is 292 g/mol. The van der Waals surface area contributed by atoms with Crippen LogP contribution in [0.25, 0.3) is 11.2 Å². The molecule has 1 atom stereocenters. The van der Waals surface area contributed by atoms with Crippen molar-refractivity contribution in [3.8, 4) is 0 Å². The van der Waals surface area contributed by atoms with Crippen molar-refractivity contribution >= 4 is 22.8 Å².